The average molecular weight is 240 g/mol. The van der Waals surface area contributed by atoms with E-state index in [2.05, 4.69) is 0 Å². The standard InChI is InChI=1S/C16H16O2/c1-12(17)15(11-13-7-3-2-4-8-13)14-9-5-6-10-16(14)18/h2-4,7-9,11H,5-6,10H2,1H3/b15-11+. The molecule has 1 aliphatic carbocycles. The van der Waals surface area contributed by atoms with Gasteiger partial charge in [0.1, 0.15) is 0 Å². The van der Waals surface area contributed by atoms with Gasteiger partial charge in [0, 0.05) is 17.6 Å². The van der Waals surface area contributed by atoms with Gasteiger partial charge in [-0.25, -0.2) is 0 Å². The highest BCUT2D eigenvalue weighted by atomic mass is 16.1. The molecule has 0 spiro atoms. The Hall–Kier alpha value is -1.96. The van der Waals surface area contributed by atoms with Gasteiger partial charge in [0.05, 0.1) is 0 Å². The zero-order valence-electron chi connectivity index (χ0n) is 10.5. The van der Waals surface area contributed by atoms with Crippen LogP contribution in [0.1, 0.15) is 31.7 Å². The van der Waals surface area contributed by atoms with Crippen molar-refractivity contribution in [2.45, 2.75) is 26.2 Å². The summed E-state index contributed by atoms with van der Waals surface area (Å²) in [6, 6.07) is 9.62. The Morgan fingerprint density at radius 3 is 2.56 bits per heavy atom. The molecule has 18 heavy (non-hydrogen) atoms. The van der Waals surface area contributed by atoms with E-state index in [1.54, 1.807) is 6.08 Å². The van der Waals surface area contributed by atoms with Gasteiger partial charge in [0.15, 0.2) is 11.6 Å². The van der Waals surface area contributed by atoms with Crippen LogP contribution in [0.25, 0.3) is 6.08 Å². The van der Waals surface area contributed by atoms with Crippen LogP contribution < -0.4 is 0 Å². The van der Waals surface area contributed by atoms with Gasteiger partial charge in [-0.3, -0.25) is 9.59 Å². The highest BCUT2D eigenvalue weighted by Gasteiger charge is 2.20. The molecule has 0 amide bonds. The number of carbonyl (C=O) groups is 2. The molecule has 2 nitrogen and oxygen atoms in total. The lowest BCUT2D eigenvalue weighted by atomic mass is 9.89. The molecule has 1 aromatic carbocycles. The molecule has 0 fully saturated rings. The average Bonchev–Trinajstić information content (AvgIpc) is 2.38. The predicted molar refractivity (Wildman–Crippen MR) is 72.0 cm³/mol. The second-order valence-electron chi connectivity index (χ2n) is 4.46. The molecule has 0 aromatic heterocycles. The molecule has 0 saturated carbocycles. The van der Waals surface area contributed by atoms with Gasteiger partial charge in [-0.2, -0.15) is 0 Å². The normalized spacial score (nSPS) is 16.4. The number of allylic oxidation sites excluding steroid dienone is 3. The van der Waals surface area contributed by atoms with Gasteiger partial charge in [-0.05, 0) is 31.4 Å². The van der Waals surface area contributed by atoms with Gasteiger partial charge in [-0.15, -0.1) is 0 Å². The first-order valence-electron chi connectivity index (χ1n) is 6.20. The van der Waals surface area contributed by atoms with Crippen LogP contribution in [0, 0.1) is 0 Å². The molecule has 1 aliphatic rings. The summed E-state index contributed by atoms with van der Waals surface area (Å²) in [5, 5.41) is 0. The molecule has 0 radical (unpaired) electrons. The minimum absolute atomic E-state index is 0.0552. The molecule has 92 valence electrons. The van der Waals surface area contributed by atoms with E-state index in [1.807, 2.05) is 36.4 Å². The Labute approximate surface area is 107 Å². The molecule has 0 heterocycles. The van der Waals surface area contributed by atoms with E-state index < -0.39 is 0 Å². The fourth-order valence-electron chi connectivity index (χ4n) is 2.10. The number of carbonyl (C=O) groups excluding carboxylic acids is 2. The maximum atomic E-state index is 11.9. The van der Waals surface area contributed by atoms with Gasteiger partial charge in [0.25, 0.3) is 0 Å². The van der Waals surface area contributed by atoms with E-state index in [-0.39, 0.29) is 11.6 Å². The summed E-state index contributed by atoms with van der Waals surface area (Å²) in [7, 11) is 0. The molecule has 1 aromatic rings. The van der Waals surface area contributed by atoms with Crippen LogP contribution in [0.15, 0.2) is 47.6 Å². The number of Topliss-reactive ketones (excluding diaryl/α,β-unsaturated/α-hetero) is 2. The van der Waals surface area contributed by atoms with Gasteiger partial charge < -0.3 is 0 Å². The molecule has 0 aliphatic heterocycles. The van der Waals surface area contributed by atoms with Crippen LogP contribution in [-0.2, 0) is 9.59 Å². The van der Waals surface area contributed by atoms with E-state index in [1.165, 1.54) is 6.92 Å². The zero-order valence-corrected chi connectivity index (χ0v) is 10.5. The number of rotatable bonds is 3. The molecule has 0 N–H and O–H groups in total. The summed E-state index contributed by atoms with van der Waals surface area (Å²) in [6.07, 6.45) is 6.00. The van der Waals surface area contributed by atoms with Crippen LogP contribution in [0.3, 0.4) is 0 Å². The maximum Gasteiger partial charge on any atom is 0.163 e. The first kappa shape index (κ1) is 12.5. The number of hydrogen-bond donors (Lipinski definition) is 0. The van der Waals surface area contributed by atoms with Crippen LogP contribution in [0.2, 0.25) is 0 Å². The molecule has 2 heteroatoms. The third-order valence-corrected chi connectivity index (χ3v) is 3.04. The molecule has 2 rings (SSSR count). The smallest absolute Gasteiger partial charge is 0.163 e. The predicted octanol–water partition coefficient (Wildman–Crippen LogP) is 3.34. The zero-order chi connectivity index (χ0) is 13.0. The second-order valence-corrected chi connectivity index (χ2v) is 4.46. The summed E-state index contributed by atoms with van der Waals surface area (Å²) >= 11 is 0. The lowest BCUT2D eigenvalue weighted by Crippen LogP contribution is -2.13. The Balaban J connectivity index is 2.41. The monoisotopic (exact) mass is 240 g/mol. The highest BCUT2D eigenvalue weighted by molar-refractivity contribution is 6.14. The minimum Gasteiger partial charge on any atom is -0.294 e. The Kier molecular flexibility index (Phi) is 3.88. The van der Waals surface area contributed by atoms with Crippen LogP contribution in [-0.4, -0.2) is 11.6 Å². The third-order valence-electron chi connectivity index (χ3n) is 3.04. The number of benzene rings is 1. The van der Waals surface area contributed by atoms with Crippen LogP contribution in [0.5, 0.6) is 0 Å². The van der Waals surface area contributed by atoms with Gasteiger partial charge >= 0.3 is 0 Å². The maximum absolute atomic E-state index is 11.9. The molecule has 0 unspecified atom stereocenters. The van der Waals surface area contributed by atoms with E-state index in [0.717, 1.165) is 18.4 Å². The van der Waals surface area contributed by atoms with Crippen molar-refractivity contribution in [1.82, 2.24) is 0 Å². The number of ketones is 2. The van der Waals surface area contributed by atoms with Crippen molar-refractivity contribution in [3.63, 3.8) is 0 Å². The number of hydrogen-bond acceptors (Lipinski definition) is 2. The van der Waals surface area contributed by atoms with E-state index in [9.17, 15) is 9.59 Å². The fraction of sp³-hybridized carbons (Fsp3) is 0.250. The SMILES string of the molecule is CC(=O)/C(=C\c1ccccc1)C1=CCCCC1=O. The highest BCUT2D eigenvalue weighted by Crippen LogP contribution is 2.23. The van der Waals surface area contributed by atoms with E-state index >= 15 is 0 Å². The topological polar surface area (TPSA) is 34.1 Å². The van der Waals surface area contributed by atoms with Crippen molar-refractivity contribution in [2.75, 3.05) is 0 Å². The molecular weight excluding hydrogens is 224 g/mol. The summed E-state index contributed by atoms with van der Waals surface area (Å²) in [5.41, 5.74) is 2.07. The Bertz CT molecular complexity index is 521. The second kappa shape index (κ2) is 5.58. The molecule has 0 atom stereocenters. The van der Waals surface area contributed by atoms with Crippen LogP contribution in [0.4, 0.5) is 0 Å². The first-order valence-corrected chi connectivity index (χ1v) is 6.20. The van der Waals surface area contributed by atoms with E-state index in [4.69, 9.17) is 0 Å². The van der Waals surface area contributed by atoms with Crippen molar-refractivity contribution >= 4 is 17.6 Å². The fourth-order valence-corrected chi connectivity index (χ4v) is 2.10. The Morgan fingerprint density at radius 2 is 1.94 bits per heavy atom. The third kappa shape index (κ3) is 2.83. The van der Waals surface area contributed by atoms with Crippen molar-refractivity contribution in [1.29, 1.82) is 0 Å². The van der Waals surface area contributed by atoms with Gasteiger partial charge in [0.2, 0.25) is 0 Å². The van der Waals surface area contributed by atoms with Crippen molar-refractivity contribution < 1.29 is 9.59 Å². The molecular formula is C16H16O2. The van der Waals surface area contributed by atoms with Crippen molar-refractivity contribution in [3.8, 4) is 0 Å². The lowest BCUT2D eigenvalue weighted by molar-refractivity contribution is -0.117. The van der Waals surface area contributed by atoms with Crippen molar-refractivity contribution in [3.05, 3.63) is 53.1 Å². The molecule has 0 bridgehead atoms. The van der Waals surface area contributed by atoms with Crippen molar-refractivity contribution in [2.24, 2.45) is 0 Å². The quantitative estimate of drug-likeness (QED) is 0.759. The minimum atomic E-state index is -0.0552. The first-order chi connectivity index (χ1) is 8.68. The molecule has 0 saturated heterocycles. The Morgan fingerprint density at radius 1 is 1.22 bits per heavy atom. The summed E-state index contributed by atoms with van der Waals surface area (Å²) < 4.78 is 0. The van der Waals surface area contributed by atoms with Gasteiger partial charge in [-0.1, -0.05) is 36.4 Å². The summed E-state index contributed by atoms with van der Waals surface area (Å²) in [5.74, 6) is 0.0268. The van der Waals surface area contributed by atoms with Crippen LogP contribution >= 0.6 is 0 Å². The summed E-state index contributed by atoms with van der Waals surface area (Å²) in [6.45, 7) is 1.51. The van der Waals surface area contributed by atoms with E-state index in [0.29, 0.717) is 17.6 Å². The largest absolute Gasteiger partial charge is 0.294 e. The lowest BCUT2D eigenvalue weighted by Gasteiger charge is -2.13. The summed E-state index contributed by atoms with van der Waals surface area (Å²) in [4.78, 5) is 23.6.